The lowest BCUT2D eigenvalue weighted by Crippen LogP contribution is -2.49. The molecule has 0 N–H and O–H groups in total. The van der Waals surface area contributed by atoms with Crippen LogP contribution in [0.15, 0.2) is 48.9 Å². The Morgan fingerprint density at radius 3 is 2.40 bits per heavy atom. The highest BCUT2D eigenvalue weighted by molar-refractivity contribution is 5.79. The van der Waals surface area contributed by atoms with Gasteiger partial charge in [0.25, 0.3) is 0 Å². The van der Waals surface area contributed by atoms with Gasteiger partial charge in [-0.3, -0.25) is 4.79 Å². The predicted molar refractivity (Wildman–Crippen MR) is 117 cm³/mol. The number of piperazine rings is 1. The van der Waals surface area contributed by atoms with Crippen molar-refractivity contribution in [2.75, 3.05) is 38.2 Å². The molecule has 0 radical (unpaired) electrons. The number of aromatic nitrogens is 3. The quantitative estimate of drug-likeness (QED) is 0.653. The molecule has 7 nitrogen and oxygen atoms in total. The number of anilines is 1. The van der Waals surface area contributed by atoms with Gasteiger partial charge in [-0.25, -0.2) is 9.97 Å². The smallest absolute Gasteiger partial charge is 0.316 e. The van der Waals surface area contributed by atoms with Crippen molar-refractivity contribution in [3.8, 4) is 17.1 Å². The zero-order valence-electron chi connectivity index (χ0n) is 17.7. The largest absolute Gasteiger partial charge is 0.467 e. The van der Waals surface area contributed by atoms with Crippen LogP contribution in [0.25, 0.3) is 11.1 Å². The summed E-state index contributed by atoms with van der Waals surface area (Å²) in [6.45, 7) is 7.51. The van der Waals surface area contributed by atoms with Crippen molar-refractivity contribution < 1.29 is 9.53 Å². The number of carbonyl (C=O) groups excluding carboxylic acids is 1. The van der Waals surface area contributed by atoms with E-state index in [0.29, 0.717) is 25.6 Å². The van der Waals surface area contributed by atoms with Gasteiger partial charge in [0.1, 0.15) is 6.54 Å². The van der Waals surface area contributed by atoms with Crippen LogP contribution in [-0.2, 0) is 11.3 Å². The molecule has 1 aromatic carbocycles. The first kappa shape index (κ1) is 19.9. The van der Waals surface area contributed by atoms with Crippen LogP contribution < -0.4 is 9.64 Å². The number of methoxy groups -OCH3 is 1. The Morgan fingerprint density at radius 2 is 1.77 bits per heavy atom. The van der Waals surface area contributed by atoms with Crippen molar-refractivity contribution in [1.82, 2.24) is 19.4 Å². The molecule has 0 aliphatic carbocycles. The van der Waals surface area contributed by atoms with E-state index in [1.807, 2.05) is 34.7 Å². The summed E-state index contributed by atoms with van der Waals surface area (Å²) >= 11 is 0. The van der Waals surface area contributed by atoms with Gasteiger partial charge in [-0.2, -0.15) is 0 Å². The van der Waals surface area contributed by atoms with Gasteiger partial charge in [0.2, 0.25) is 5.91 Å². The number of rotatable bonds is 5. The molecule has 0 spiro atoms. The Bertz CT molecular complexity index is 1020. The van der Waals surface area contributed by atoms with Crippen molar-refractivity contribution in [2.45, 2.75) is 20.4 Å². The molecule has 2 aromatic heterocycles. The fraction of sp³-hybridized carbons (Fsp3) is 0.348. The summed E-state index contributed by atoms with van der Waals surface area (Å²) in [5.74, 6) is 0.171. The summed E-state index contributed by atoms with van der Waals surface area (Å²) in [5, 5.41) is 0. The summed E-state index contributed by atoms with van der Waals surface area (Å²) < 4.78 is 7.10. The van der Waals surface area contributed by atoms with Gasteiger partial charge in [-0.15, -0.1) is 0 Å². The maximum absolute atomic E-state index is 12.8. The van der Waals surface area contributed by atoms with Crippen molar-refractivity contribution in [1.29, 1.82) is 0 Å². The van der Waals surface area contributed by atoms with Crippen LogP contribution in [0.5, 0.6) is 6.01 Å². The van der Waals surface area contributed by atoms with Crippen LogP contribution in [0.2, 0.25) is 0 Å². The van der Waals surface area contributed by atoms with E-state index in [9.17, 15) is 4.79 Å². The number of para-hydroxylation sites is 1. The minimum atomic E-state index is 0.171. The number of ether oxygens (including phenoxy) is 1. The normalized spacial score (nSPS) is 14.1. The first-order valence-corrected chi connectivity index (χ1v) is 10.2. The molecule has 1 aliphatic rings. The van der Waals surface area contributed by atoms with E-state index in [1.165, 1.54) is 5.56 Å². The van der Waals surface area contributed by atoms with Gasteiger partial charge in [0.15, 0.2) is 0 Å². The second kappa shape index (κ2) is 8.57. The lowest BCUT2D eigenvalue weighted by molar-refractivity contribution is -0.132. The molecule has 4 rings (SSSR count). The van der Waals surface area contributed by atoms with Gasteiger partial charge < -0.3 is 19.1 Å². The van der Waals surface area contributed by atoms with Crippen LogP contribution in [0.1, 0.15) is 11.3 Å². The van der Waals surface area contributed by atoms with Crippen LogP contribution in [0.4, 0.5) is 5.69 Å². The molecule has 0 unspecified atom stereocenters. The molecule has 156 valence electrons. The second-order valence-electron chi connectivity index (χ2n) is 7.63. The van der Waals surface area contributed by atoms with Crippen molar-refractivity contribution in [3.05, 3.63) is 60.2 Å². The number of amides is 1. The molecule has 3 aromatic rings. The first-order valence-electron chi connectivity index (χ1n) is 10.2. The molecular weight excluding hydrogens is 378 g/mol. The Kier molecular flexibility index (Phi) is 5.70. The summed E-state index contributed by atoms with van der Waals surface area (Å²) in [6.07, 6.45) is 5.61. The molecule has 7 heteroatoms. The fourth-order valence-electron chi connectivity index (χ4n) is 3.96. The Hall–Kier alpha value is -3.35. The lowest BCUT2D eigenvalue weighted by Gasteiger charge is -2.37. The predicted octanol–water partition coefficient (Wildman–Crippen LogP) is 2.92. The van der Waals surface area contributed by atoms with E-state index in [2.05, 4.69) is 40.0 Å². The molecule has 0 saturated carbocycles. The molecule has 1 amide bonds. The van der Waals surface area contributed by atoms with Gasteiger partial charge in [0.05, 0.1) is 7.11 Å². The molecule has 1 aliphatic heterocycles. The van der Waals surface area contributed by atoms with Gasteiger partial charge in [-0.1, -0.05) is 18.2 Å². The standard InChI is InChI=1S/C23H27N5O2/c1-17-12-18(2)28(15-17)16-22(29)27-10-8-26(9-11-27)21-7-5-4-6-20(21)19-13-24-23(30-3)25-14-19/h4-7,12-15H,8-11,16H2,1-3H3. The third kappa shape index (κ3) is 4.15. The monoisotopic (exact) mass is 405 g/mol. The molecule has 1 fully saturated rings. The maximum Gasteiger partial charge on any atom is 0.316 e. The molecule has 3 heterocycles. The topological polar surface area (TPSA) is 63.5 Å². The Balaban J connectivity index is 1.44. The third-order valence-electron chi connectivity index (χ3n) is 5.55. The molecular formula is C23H27N5O2. The third-order valence-corrected chi connectivity index (χ3v) is 5.55. The van der Waals surface area contributed by atoms with Crippen LogP contribution in [0.3, 0.4) is 0 Å². The highest BCUT2D eigenvalue weighted by Gasteiger charge is 2.23. The van der Waals surface area contributed by atoms with E-state index in [-0.39, 0.29) is 5.91 Å². The van der Waals surface area contributed by atoms with Crippen LogP contribution in [0, 0.1) is 13.8 Å². The summed E-state index contributed by atoms with van der Waals surface area (Å²) in [5.41, 5.74) is 5.47. The number of benzene rings is 1. The van der Waals surface area contributed by atoms with Gasteiger partial charge in [0, 0.05) is 67.3 Å². The average molecular weight is 406 g/mol. The average Bonchev–Trinajstić information content (AvgIpc) is 3.10. The number of aryl methyl sites for hydroxylation is 2. The summed E-state index contributed by atoms with van der Waals surface area (Å²) in [7, 11) is 1.56. The highest BCUT2D eigenvalue weighted by atomic mass is 16.5. The number of hydrogen-bond acceptors (Lipinski definition) is 5. The number of carbonyl (C=O) groups is 1. The van der Waals surface area contributed by atoms with Crippen molar-refractivity contribution >= 4 is 11.6 Å². The van der Waals surface area contributed by atoms with E-state index in [0.717, 1.165) is 35.6 Å². The fourth-order valence-corrected chi connectivity index (χ4v) is 3.96. The van der Waals surface area contributed by atoms with Crippen molar-refractivity contribution in [2.24, 2.45) is 0 Å². The lowest BCUT2D eigenvalue weighted by atomic mass is 10.1. The molecule has 30 heavy (non-hydrogen) atoms. The second-order valence-corrected chi connectivity index (χ2v) is 7.63. The van der Waals surface area contributed by atoms with E-state index >= 15 is 0 Å². The summed E-state index contributed by atoms with van der Waals surface area (Å²) in [4.78, 5) is 25.5. The first-order chi connectivity index (χ1) is 14.5. The van der Waals surface area contributed by atoms with Crippen LogP contribution in [-0.4, -0.2) is 58.6 Å². The van der Waals surface area contributed by atoms with Gasteiger partial charge >= 0.3 is 6.01 Å². The number of nitrogens with zero attached hydrogens (tertiary/aromatic N) is 5. The minimum absolute atomic E-state index is 0.171. The SMILES string of the molecule is COc1ncc(-c2ccccc2N2CCN(C(=O)Cn3cc(C)cc3C)CC2)cn1. The Labute approximate surface area is 176 Å². The van der Waals surface area contributed by atoms with Crippen molar-refractivity contribution in [3.63, 3.8) is 0 Å². The Morgan fingerprint density at radius 1 is 1.07 bits per heavy atom. The zero-order chi connectivity index (χ0) is 21.1. The highest BCUT2D eigenvalue weighted by Crippen LogP contribution is 2.31. The summed E-state index contributed by atoms with van der Waals surface area (Å²) in [6, 6.07) is 10.7. The molecule has 0 atom stereocenters. The maximum atomic E-state index is 12.8. The number of hydrogen-bond donors (Lipinski definition) is 0. The minimum Gasteiger partial charge on any atom is -0.467 e. The van der Waals surface area contributed by atoms with E-state index in [4.69, 9.17) is 4.74 Å². The zero-order valence-corrected chi connectivity index (χ0v) is 17.7. The van der Waals surface area contributed by atoms with E-state index < -0.39 is 0 Å². The van der Waals surface area contributed by atoms with Gasteiger partial charge in [-0.05, 0) is 31.5 Å². The van der Waals surface area contributed by atoms with Crippen LogP contribution >= 0.6 is 0 Å². The molecule has 0 bridgehead atoms. The van der Waals surface area contributed by atoms with E-state index in [1.54, 1.807) is 19.5 Å². The molecule has 1 saturated heterocycles.